The molecule has 0 rings (SSSR count). The minimum Gasteiger partial charge on any atom is -0.462 e. The molecule has 0 aliphatic carbocycles. The summed E-state index contributed by atoms with van der Waals surface area (Å²) < 4.78 is 16.7. The van der Waals surface area contributed by atoms with Crippen LogP contribution in [0.5, 0.6) is 0 Å². The summed E-state index contributed by atoms with van der Waals surface area (Å²) in [6, 6.07) is 0. The van der Waals surface area contributed by atoms with Gasteiger partial charge in [-0.25, -0.2) is 0 Å². The summed E-state index contributed by atoms with van der Waals surface area (Å²) >= 11 is 0. The number of rotatable bonds is 43. The van der Waals surface area contributed by atoms with Crippen molar-refractivity contribution in [3.8, 4) is 0 Å². The van der Waals surface area contributed by atoms with Crippen LogP contribution >= 0.6 is 0 Å². The molecule has 0 spiro atoms. The molecule has 366 valence electrons. The van der Waals surface area contributed by atoms with Gasteiger partial charge in [-0.2, -0.15) is 0 Å². The van der Waals surface area contributed by atoms with Crippen molar-refractivity contribution < 1.29 is 28.6 Å². The van der Waals surface area contributed by atoms with E-state index in [2.05, 4.69) is 118 Å². The SMILES string of the molecule is CC\C=C/C=C\C=C/C=C\C=C\C=C/CCCCCC(=O)OCC(COC(=O)CCCCCC/C=C\C/C=C\C/C=C\CC)OC(=O)CCC/C=C\C/C=C\C/C=C\C/C=C\CCCCC. The molecule has 1 atom stereocenters. The highest BCUT2D eigenvalue weighted by Gasteiger charge is 2.19. The fourth-order valence-corrected chi connectivity index (χ4v) is 6.12. The lowest BCUT2D eigenvalue weighted by Gasteiger charge is -2.18. The zero-order valence-corrected chi connectivity index (χ0v) is 41.6. The fourth-order valence-electron chi connectivity index (χ4n) is 6.12. The molecule has 66 heavy (non-hydrogen) atoms. The Balaban J connectivity index is 4.65. The van der Waals surface area contributed by atoms with Crippen LogP contribution in [0.1, 0.15) is 181 Å². The Hall–Kier alpha value is -4.97. The van der Waals surface area contributed by atoms with Crippen LogP contribution in [0.15, 0.2) is 158 Å². The molecular formula is C60H90O6. The van der Waals surface area contributed by atoms with Gasteiger partial charge in [0, 0.05) is 19.3 Å². The minimum absolute atomic E-state index is 0.134. The molecule has 0 amide bonds. The maximum atomic E-state index is 12.8. The summed E-state index contributed by atoms with van der Waals surface area (Å²) in [5.41, 5.74) is 0. The van der Waals surface area contributed by atoms with E-state index >= 15 is 0 Å². The molecule has 0 saturated carbocycles. The average molecular weight is 907 g/mol. The van der Waals surface area contributed by atoms with Crippen molar-refractivity contribution in [2.45, 2.75) is 187 Å². The van der Waals surface area contributed by atoms with Crippen molar-refractivity contribution in [1.29, 1.82) is 0 Å². The van der Waals surface area contributed by atoms with E-state index in [1.807, 2.05) is 60.8 Å². The molecule has 0 radical (unpaired) electrons. The summed E-state index contributed by atoms with van der Waals surface area (Å²) in [4.78, 5) is 38.0. The fraction of sp³-hybridized carbons (Fsp3) is 0.517. The maximum absolute atomic E-state index is 12.8. The summed E-state index contributed by atoms with van der Waals surface area (Å²) in [6.07, 6.45) is 76.5. The minimum atomic E-state index is -0.842. The first-order valence-corrected chi connectivity index (χ1v) is 25.6. The van der Waals surface area contributed by atoms with Crippen LogP contribution in [0.3, 0.4) is 0 Å². The van der Waals surface area contributed by atoms with Gasteiger partial charge in [-0.15, -0.1) is 0 Å². The number of esters is 3. The lowest BCUT2D eigenvalue weighted by molar-refractivity contribution is -0.167. The van der Waals surface area contributed by atoms with E-state index < -0.39 is 12.1 Å². The summed E-state index contributed by atoms with van der Waals surface area (Å²) in [5.74, 6) is -1.07. The molecule has 0 aliphatic heterocycles. The van der Waals surface area contributed by atoms with Crippen LogP contribution in [-0.2, 0) is 28.6 Å². The molecule has 0 N–H and O–H groups in total. The molecule has 0 fully saturated rings. The molecule has 0 aromatic heterocycles. The zero-order valence-electron chi connectivity index (χ0n) is 41.6. The number of carbonyl (C=O) groups excluding carboxylic acids is 3. The van der Waals surface area contributed by atoms with Crippen LogP contribution < -0.4 is 0 Å². The molecule has 6 heteroatoms. The van der Waals surface area contributed by atoms with E-state index in [9.17, 15) is 14.4 Å². The zero-order chi connectivity index (χ0) is 47.9. The standard InChI is InChI=1S/C60H90O6/c1-4-7-10-13-16-19-22-25-28-30-32-35-38-41-44-47-50-53-59(62)65-56-57(55-64-58(61)52-49-46-43-40-37-34-27-24-21-18-15-12-9-6-3)66-60(63)54-51-48-45-42-39-36-33-31-29-26-23-20-17-14-11-8-5-2/h7,9-10,12-13,16-22,25-30,32-36,38,42,45,57H,4-6,8,11,14-15,23-24,31,37,39-41,43-44,46-56H2,1-3H3/b10-7-,12-9-,16-13-,20-17-,21-18-,22-19-,28-25-,29-26-,32-30+,34-27-,36-33-,38-35-,45-42-. The molecule has 0 saturated heterocycles. The number of ether oxygens (including phenoxy) is 3. The summed E-state index contributed by atoms with van der Waals surface area (Å²) in [5, 5.41) is 0. The van der Waals surface area contributed by atoms with Gasteiger partial charge in [-0.3, -0.25) is 14.4 Å². The average Bonchev–Trinajstić information content (AvgIpc) is 3.31. The number of hydrogen-bond acceptors (Lipinski definition) is 6. The van der Waals surface area contributed by atoms with Crippen LogP contribution in [0.4, 0.5) is 0 Å². The van der Waals surface area contributed by atoms with E-state index in [0.717, 1.165) is 103 Å². The predicted molar refractivity (Wildman–Crippen MR) is 283 cm³/mol. The smallest absolute Gasteiger partial charge is 0.306 e. The van der Waals surface area contributed by atoms with Crippen molar-refractivity contribution in [1.82, 2.24) is 0 Å². The first-order chi connectivity index (χ1) is 32.5. The van der Waals surface area contributed by atoms with Crippen LogP contribution in [0, 0.1) is 0 Å². The molecule has 0 bridgehead atoms. The quantitative estimate of drug-likeness (QED) is 0.0199. The van der Waals surface area contributed by atoms with E-state index in [-0.39, 0.29) is 38.0 Å². The summed E-state index contributed by atoms with van der Waals surface area (Å²) in [6.45, 7) is 6.21. The lowest BCUT2D eigenvalue weighted by atomic mass is 10.1. The third-order valence-electron chi connectivity index (χ3n) is 9.91. The molecule has 0 aliphatic rings. The molecule has 0 heterocycles. The number of allylic oxidation sites excluding steroid dienone is 26. The van der Waals surface area contributed by atoms with Gasteiger partial charge >= 0.3 is 17.9 Å². The van der Waals surface area contributed by atoms with Crippen LogP contribution in [-0.4, -0.2) is 37.2 Å². The Morgan fingerprint density at radius 2 is 0.682 bits per heavy atom. The predicted octanol–water partition coefficient (Wildman–Crippen LogP) is 17.0. The Bertz CT molecular complexity index is 1560. The molecule has 0 aromatic carbocycles. The van der Waals surface area contributed by atoms with Crippen LogP contribution in [0.25, 0.3) is 0 Å². The molecule has 1 unspecified atom stereocenters. The van der Waals surface area contributed by atoms with Gasteiger partial charge in [-0.05, 0) is 109 Å². The maximum Gasteiger partial charge on any atom is 0.306 e. The van der Waals surface area contributed by atoms with Gasteiger partial charge in [0.25, 0.3) is 0 Å². The summed E-state index contributed by atoms with van der Waals surface area (Å²) in [7, 11) is 0. The number of unbranched alkanes of at least 4 members (excludes halogenated alkanes) is 11. The van der Waals surface area contributed by atoms with E-state index in [1.54, 1.807) is 0 Å². The highest BCUT2D eigenvalue weighted by Crippen LogP contribution is 2.11. The highest BCUT2D eigenvalue weighted by atomic mass is 16.6. The molecule has 6 nitrogen and oxygen atoms in total. The van der Waals surface area contributed by atoms with Gasteiger partial charge in [-0.1, -0.05) is 211 Å². The van der Waals surface area contributed by atoms with E-state index in [4.69, 9.17) is 14.2 Å². The van der Waals surface area contributed by atoms with Crippen LogP contribution in [0.2, 0.25) is 0 Å². The van der Waals surface area contributed by atoms with Crippen molar-refractivity contribution in [3.63, 3.8) is 0 Å². The second-order valence-corrected chi connectivity index (χ2v) is 16.1. The molecule has 0 aromatic rings. The van der Waals surface area contributed by atoms with Gasteiger partial charge < -0.3 is 14.2 Å². The Morgan fingerprint density at radius 3 is 1.15 bits per heavy atom. The lowest BCUT2D eigenvalue weighted by Crippen LogP contribution is -2.30. The van der Waals surface area contributed by atoms with Gasteiger partial charge in [0.15, 0.2) is 6.10 Å². The second-order valence-electron chi connectivity index (χ2n) is 16.1. The van der Waals surface area contributed by atoms with Crippen molar-refractivity contribution in [2.75, 3.05) is 13.2 Å². The van der Waals surface area contributed by atoms with Gasteiger partial charge in [0.2, 0.25) is 0 Å². The van der Waals surface area contributed by atoms with Crippen molar-refractivity contribution in [2.24, 2.45) is 0 Å². The van der Waals surface area contributed by atoms with Gasteiger partial charge in [0.05, 0.1) is 0 Å². The number of hydrogen-bond donors (Lipinski definition) is 0. The van der Waals surface area contributed by atoms with Crippen molar-refractivity contribution in [3.05, 3.63) is 158 Å². The number of carbonyl (C=O) groups is 3. The van der Waals surface area contributed by atoms with E-state index in [1.165, 1.54) is 25.7 Å². The monoisotopic (exact) mass is 907 g/mol. The third-order valence-corrected chi connectivity index (χ3v) is 9.91. The highest BCUT2D eigenvalue weighted by molar-refractivity contribution is 5.71. The topological polar surface area (TPSA) is 78.9 Å². The largest absolute Gasteiger partial charge is 0.462 e. The van der Waals surface area contributed by atoms with Crippen molar-refractivity contribution >= 4 is 17.9 Å². The first kappa shape index (κ1) is 61.0. The van der Waals surface area contributed by atoms with Gasteiger partial charge in [0.1, 0.15) is 13.2 Å². The first-order valence-electron chi connectivity index (χ1n) is 25.6. The molecular weight excluding hydrogens is 817 g/mol. The Labute approximate surface area is 403 Å². The Kier molecular flexibility index (Phi) is 48.7. The van der Waals surface area contributed by atoms with E-state index in [0.29, 0.717) is 19.3 Å². The second kappa shape index (κ2) is 52.7. The Morgan fingerprint density at radius 1 is 0.333 bits per heavy atom. The normalized spacial score (nSPS) is 13.4. The third kappa shape index (κ3) is 50.0.